The highest BCUT2D eigenvalue weighted by atomic mass is 35.5. The molecule has 0 atom stereocenters. The third kappa shape index (κ3) is 5.40. The first kappa shape index (κ1) is 20.1. The van der Waals surface area contributed by atoms with E-state index in [0.29, 0.717) is 5.16 Å². The zero-order valence-corrected chi connectivity index (χ0v) is 14.9. The molecule has 1 amide bonds. The standard InChI is InChI=1S/C15H13ClF3N3O3S/c1-2-25-13(24)11-6-20-14(22-11)26-7-12(23)21-10-5-8(15(17,18)19)3-4-9(10)16/h3-6H,2,7H2,1H3,(H,20,22)(H,21,23). The number of alkyl halides is 3. The largest absolute Gasteiger partial charge is 0.461 e. The molecule has 0 aliphatic heterocycles. The lowest BCUT2D eigenvalue weighted by Crippen LogP contribution is -2.15. The Morgan fingerprint density at radius 2 is 2.12 bits per heavy atom. The molecular formula is C15H13ClF3N3O3S. The molecule has 0 spiro atoms. The minimum absolute atomic E-state index is 0.0149. The first-order valence-corrected chi connectivity index (χ1v) is 8.58. The van der Waals surface area contributed by atoms with Crippen LogP contribution in [0.5, 0.6) is 0 Å². The van der Waals surface area contributed by atoms with E-state index in [-0.39, 0.29) is 28.8 Å². The van der Waals surface area contributed by atoms with Gasteiger partial charge >= 0.3 is 12.1 Å². The van der Waals surface area contributed by atoms with Crippen LogP contribution in [-0.4, -0.2) is 34.2 Å². The van der Waals surface area contributed by atoms with Gasteiger partial charge in [0.1, 0.15) is 5.69 Å². The monoisotopic (exact) mass is 407 g/mol. The third-order valence-electron chi connectivity index (χ3n) is 2.96. The second kappa shape index (κ2) is 8.45. The van der Waals surface area contributed by atoms with Gasteiger partial charge in [-0.25, -0.2) is 9.78 Å². The van der Waals surface area contributed by atoms with Crippen molar-refractivity contribution in [3.05, 3.63) is 40.7 Å². The summed E-state index contributed by atoms with van der Waals surface area (Å²) in [4.78, 5) is 30.0. The van der Waals surface area contributed by atoms with E-state index < -0.39 is 23.6 Å². The van der Waals surface area contributed by atoms with Gasteiger partial charge in [-0.2, -0.15) is 13.2 Å². The summed E-state index contributed by atoms with van der Waals surface area (Å²) in [6, 6.07) is 2.65. The second-order valence-electron chi connectivity index (χ2n) is 4.85. The molecule has 2 aromatic rings. The Morgan fingerprint density at radius 3 is 2.77 bits per heavy atom. The average molecular weight is 408 g/mol. The fourth-order valence-electron chi connectivity index (χ4n) is 1.81. The summed E-state index contributed by atoms with van der Waals surface area (Å²) >= 11 is 6.78. The Hall–Kier alpha value is -2.20. The number of aromatic nitrogens is 2. The van der Waals surface area contributed by atoms with Gasteiger partial charge in [-0.3, -0.25) is 4.79 Å². The van der Waals surface area contributed by atoms with E-state index in [2.05, 4.69) is 15.3 Å². The number of hydrogen-bond acceptors (Lipinski definition) is 5. The maximum absolute atomic E-state index is 12.7. The molecule has 11 heteroatoms. The Bertz CT molecular complexity index is 811. The number of ether oxygens (including phenoxy) is 1. The van der Waals surface area contributed by atoms with E-state index in [1.807, 2.05) is 0 Å². The van der Waals surface area contributed by atoms with Gasteiger partial charge in [0.2, 0.25) is 5.91 Å². The van der Waals surface area contributed by atoms with Gasteiger partial charge in [0.05, 0.1) is 34.8 Å². The summed E-state index contributed by atoms with van der Waals surface area (Å²) in [5.74, 6) is -1.31. The number of hydrogen-bond donors (Lipinski definition) is 2. The average Bonchev–Trinajstić information content (AvgIpc) is 3.03. The summed E-state index contributed by atoms with van der Waals surface area (Å²) in [5, 5.41) is 2.59. The lowest BCUT2D eigenvalue weighted by Gasteiger charge is -2.11. The number of thioether (sulfide) groups is 1. The minimum atomic E-state index is -4.55. The van der Waals surface area contributed by atoms with E-state index in [4.69, 9.17) is 16.3 Å². The van der Waals surface area contributed by atoms with Gasteiger partial charge in [0.15, 0.2) is 5.16 Å². The lowest BCUT2D eigenvalue weighted by molar-refractivity contribution is -0.137. The fourth-order valence-corrected chi connectivity index (χ4v) is 2.62. The molecule has 0 saturated heterocycles. The van der Waals surface area contributed by atoms with Crippen molar-refractivity contribution in [2.45, 2.75) is 18.3 Å². The number of carbonyl (C=O) groups is 2. The van der Waals surface area contributed by atoms with Crippen LogP contribution in [0.15, 0.2) is 29.6 Å². The quantitative estimate of drug-likeness (QED) is 0.558. The highest BCUT2D eigenvalue weighted by molar-refractivity contribution is 7.99. The van der Waals surface area contributed by atoms with Crippen molar-refractivity contribution in [2.24, 2.45) is 0 Å². The normalized spacial score (nSPS) is 11.3. The van der Waals surface area contributed by atoms with Crippen LogP contribution in [-0.2, 0) is 15.7 Å². The zero-order chi connectivity index (χ0) is 19.3. The number of carbonyl (C=O) groups excluding carboxylic acids is 2. The topological polar surface area (TPSA) is 84.1 Å². The van der Waals surface area contributed by atoms with Crippen molar-refractivity contribution >= 4 is 40.9 Å². The molecule has 1 aromatic carbocycles. The molecule has 6 nitrogen and oxygen atoms in total. The molecule has 1 heterocycles. The first-order valence-electron chi connectivity index (χ1n) is 7.22. The zero-order valence-electron chi connectivity index (χ0n) is 13.3. The maximum atomic E-state index is 12.7. The van der Waals surface area contributed by atoms with Gasteiger partial charge in [0, 0.05) is 0 Å². The number of amides is 1. The fraction of sp³-hybridized carbons (Fsp3) is 0.267. The molecule has 140 valence electrons. The Kier molecular flexibility index (Phi) is 6.54. The van der Waals surface area contributed by atoms with Gasteiger partial charge in [0.25, 0.3) is 0 Å². The van der Waals surface area contributed by atoms with Crippen LogP contribution in [0.3, 0.4) is 0 Å². The van der Waals surface area contributed by atoms with Crippen LogP contribution in [0.25, 0.3) is 0 Å². The number of aromatic amines is 1. The number of rotatable bonds is 6. The molecule has 0 aliphatic carbocycles. The molecule has 2 N–H and O–H groups in total. The molecule has 0 unspecified atom stereocenters. The number of nitrogens with zero attached hydrogens (tertiary/aromatic N) is 1. The van der Waals surface area contributed by atoms with Crippen molar-refractivity contribution in [3.63, 3.8) is 0 Å². The smallest absolute Gasteiger partial charge is 0.416 e. The van der Waals surface area contributed by atoms with Crippen molar-refractivity contribution in [1.29, 1.82) is 0 Å². The Morgan fingerprint density at radius 1 is 1.38 bits per heavy atom. The van der Waals surface area contributed by atoms with Gasteiger partial charge < -0.3 is 15.0 Å². The van der Waals surface area contributed by atoms with Crippen molar-refractivity contribution in [3.8, 4) is 0 Å². The molecule has 1 aromatic heterocycles. The number of esters is 1. The van der Waals surface area contributed by atoms with E-state index in [1.54, 1.807) is 6.92 Å². The molecule has 0 aliphatic rings. The van der Waals surface area contributed by atoms with Crippen LogP contribution in [0, 0.1) is 0 Å². The highest BCUT2D eigenvalue weighted by Crippen LogP contribution is 2.33. The molecule has 0 radical (unpaired) electrons. The SMILES string of the molecule is CCOC(=O)c1cnc(SCC(=O)Nc2cc(C(F)(F)F)ccc2Cl)[nH]1. The van der Waals surface area contributed by atoms with Crippen LogP contribution in [0.1, 0.15) is 23.0 Å². The Balaban J connectivity index is 1.96. The molecule has 0 bridgehead atoms. The van der Waals surface area contributed by atoms with Crippen LogP contribution in [0.4, 0.5) is 18.9 Å². The van der Waals surface area contributed by atoms with Crippen molar-refractivity contribution in [2.75, 3.05) is 17.7 Å². The molecule has 0 saturated carbocycles. The van der Waals surface area contributed by atoms with Crippen LogP contribution >= 0.6 is 23.4 Å². The van der Waals surface area contributed by atoms with E-state index in [0.717, 1.165) is 30.0 Å². The summed E-state index contributed by atoms with van der Waals surface area (Å²) in [5.41, 5.74) is -0.926. The highest BCUT2D eigenvalue weighted by Gasteiger charge is 2.31. The third-order valence-corrected chi connectivity index (χ3v) is 4.17. The van der Waals surface area contributed by atoms with E-state index in [9.17, 15) is 22.8 Å². The number of anilines is 1. The Labute approximate surface area is 155 Å². The second-order valence-corrected chi connectivity index (χ2v) is 6.22. The molecule has 26 heavy (non-hydrogen) atoms. The van der Waals surface area contributed by atoms with Crippen LogP contribution < -0.4 is 5.32 Å². The predicted octanol–water partition coefficient (Wildman–Crippen LogP) is 3.99. The van der Waals surface area contributed by atoms with Gasteiger partial charge in [-0.05, 0) is 25.1 Å². The number of imidazole rings is 1. The van der Waals surface area contributed by atoms with Crippen molar-refractivity contribution in [1.82, 2.24) is 9.97 Å². The molecular weight excluding hydrogens is 395 g/mol. The summed E-state index contributed by atoms with van der Waals surface area (Å²) in [6.45, 7) is 1.87. The van der Waals surface area contributed by atoms with Gasteiger partial charge in [-0.1, -0.05) is 23.4 Å². The lowest BCUT2D eigenvalue weighted by atomic mass is 10.2. The maximum Gasteiger partial charge on any atom is 0.416 e. The first-order chi connectivity index (χ1) is 12.2. The van der Waals surface area contributed by atoms with Crippen LogP contribution in [0.2, 0.25) is 5.02 Å². The van der Waals surface area contributed by atoms with Crippen molar-refractivity contribution < 1.29 is 27.5 Å². The summed E-state index contributed by atoms with van der Waals surface area (Å²) < 4.78 is 42.9. The summed E-state index contributed by atoms with van der Waals surface area (Å²) in [7, 11) is 0. The van der Waals surface area contributed by atoms with E-state index in [1.165, 1.54) is 6.20 Å². The number of halogens is 4. The number of H-pyrrole nitrogens is 1. The number of benzene rings is 1. The van der Waals surface area contributed by atoms with E-state index >= 15 is 0 Å². The molecule has 0 fully saturated rings. The van der Waals surface area contributed by atoms with Gasteiger partial charge in [-0.15, -0.1) is 0 Å². The molecule has 2 rings (SSSR count). The summed E-state index contributed by atoms with van der Waals surface area (Å²) in [6.07, 6.45) is -3.28. The number of nitrogens with one attached hydrogen (secondary N) is 2. The predicted molar refractivity (Wildman–Crippen MR) is 90.4 cm³/mol. The minimum Gasteiger partial charge on any atom is -0.461 e.